The molecule has 1 aromatic rings. The highest BCUT2D eigenvalue weighted by Crippen LogP contribution is 2.31. The summed E-state index contributed by atoms with van der Waals surface area (Å²) in [5, 5.41) is 0.768. The van der Waals surface area contributed by atoms with E-state index in [0.717, 1.165) is 17.9 Å². The summed E-state index contributed by atoms with van der Waals surface area (Å²) in [7, 11) is 0. The Balaban J connectivity index is 2.06. The van der Waals surface area contributed by atoms with Gasteiger partial charge >= 0.3 is 0 Å². The normalized spacial score (nSPS) is 26.5. The van der Waals surface area contributed by atoms with E-state index in [9.17, 15) is 0 Å². The molecule has 2 N–H and O–H groups in total. The zero-order valence-corrected chi connectivity index (χ0v) is 9.41. The van der Waals surface area contributed by atoms with Crippen LogP contribution in [0.3, 0.4) is 0 Å². The molecule has 2 nitrogen and oxygen atoms in total. The summed E-state index contributed by atoms with van der Waals surface area (Å²) in [6.07, 6.45) is 3.78. The van der Waals surface area contributed by atoms with Gasteiger partial charge in [0.2, 0.25) is 0 Å². The Hall–Kier alpha value is -0.570. The zero-order chi connectivity index (χ0) is 10.7. The second-order valence-electron chi connectivity index (χ2n) is 3.96. The fourth-order valence-electron chi connectivity index (χ4n) is 2.00. The second kappa shape index (κ2) is 4.97. The van der Waals surface area contributed by atoms with Crippen LogP contribution in [0.1, 0.15) is 30.9 Å². The maximum atomic E-state index is 5.89. The summed E-state index contributed by atoms with van der Waals surface area (Å²) < 4.78 is 5.89. The second-order valence-corrected chi connectivity index (χ2v) is 4.40. The van der Waals surface area contributed by atoms with Crippen LogP contribution in [0.2, 0.25) is 5.02 Å². The quantitative estimate of drug-likeness (QED) is 0.840. The van der Waals surface area contributed by atoms with Crippen molar-refractivity contribution in [3.05, 3.63) is 34.9 Å². The maximum Gasteiger partial charge on any atom is 0.0829 e. The third-order valence-corrected chi connectivity index (χ3v) is 3.11. The molecule has 1 saturated heterocycles. The number of benzene rings is 1. The van der Waals surface area contributed by atoms with Crippen molar-refractivity contribution in [1.29, 1.82) is 0 Å². The number of hydrogen-bond donors (Lipinski definition) is 1. The van der Waals surface area contributed by atoms with Crippen LogP contribution in [-0.2, 0) is 4.74 Å². The third kappa shape index (κ3) is 2.71. The Morgan fingerprint density at radius 3 is 2.67 bits per heavy atom. The van der Waals surface area contributed by atoms with Gasteiger partial charge < -0.3 is 10.5 Å². The summed E-state index contributed by atoms with van der Waals surface area (Å²) >= 11 is 5.85. The van der Waals surface area contributed by atoms with E-state index in [2.05, 4.69) is 0 Å². The summed E-state index contributed by atoms with van der Waals surface area (Å²) in [6.45, 7) is 0.615. The minimum Gasteiger partial charge on any atom is -0.369 e. The average Bonchev–Trinajstić information content (AvgIpc) is 2.30. The number of ether oxygens (including phenoxy) is 1. The van der Waals surface area contributed by atoms with E-state index < -0.39 is 0 Å². The molecule has 0 amide bonds. The molecule has 1 aromatic carbocycles. The molecule has 1 aliphatic heterocycles. The van der Waals surface area contributed by atoms with Crippen molar-refractivity contribution in [1.82, 2.24) is 0 Å². The minimum atomic E-state index is 0.199. The van der Waals surface area contributed by atoms with Gasteiger partial charge in [0.05, 0.1) is 12.2 Å². The van der Waals surface area contributed by atoms with Crippen LogP contribution >= 0.6 is 11.6 Å². The molecule has 1 aliphatic rings. The van der Waals surface area contributed by atoms with Crippen LogP contribution in [0.4, 0.5) is 0 Å². The van der Waals surface area contributed by atoms with Crippen LogP contribution in [-0.4, -0.2) is 12.6 Å². The van der Waals surface area contributed by atoms with Gasteiger partial charge in [0, 0.05) is 11.6 Å². The summed E-state index contributed by atoms with van der Waals surface area (Å²) in [6, 6.07) is 7.89. The van der Waals surface area contributed by atoms with Crippen molar-refractivity contribution in [3.63, 3.8) is 0 Å². The zero-order valence-electron chi connectivity index (χ0n) is 8.66. The van der Waals surface area contributed by atoms with E-state index in [1.54, 1.807) is 0 Å². The van der Waals surface area contributed by atoms with E-state index in [1.165, 1.54) is 12.0 Å². The number of nitrogens with two attached hydrogens (primary N) is 1. The monoisotopic (exact) mass is 225 g/mol. The topological polar surface area (TPSA) is 35.2 Å². The number of rotatable bonds is 2. The first-order valence-electron chi connectivity index (χ1n) is 5.40. The molecule has 0 aliphatic carbocycles. The van der Waals surface area contributed by atoms with Gasteiger partial charge in [-0.25, -0.2) is 0 Å². The smallest absolute Gasteiger partial charge is 0.0829 e. The van der Waals surface area contributed by atoms with E-state index in [4.69, 9.17) is 22.1 Å². The highest BCUT2D eigenvalue weighted by molar-refractivity contribution is 6.30. The highest BCUT2D eigenvalue weighted by Gasteiger charge is 2.22. The fraction of sp³-hybridized carbons (Fsp3) is 0.500. The molecule has 2 unspecified atom stereocenters. The van der Waals surface area contributed by atoms with Crippen molar-refractivity contribution in [2.45, 2.75) is 31.5 Å². The number of hydrogen-bond acceptors (Lipinski definition) is 2. The molecule has 0 spiro atoms. The lowest BCUT2D eigenvalue weighted by atomic mass is 9.98. The van der Waals surface area contributed by atoms with Gasteiger partial charge in [-0.15, -0.1) is 0 Å². The first-order valence-corrected chi connectivity index (χ1v) is 5.78. The van der Waals surface area contributed by atoms with Gasteiger partial charge in [-0.1, -0.05) is 23.7 Å². The van der Waals surface area contributed by atoms with Crippen molar-refractivity contribution >= 4 is 11.6 Å². The Bertz CT molecular complexity index is 312. The lowest BCUT2D eigenvalue weighted by Crippen LogP contribution is -2.29. The lowest BCUT2D eigenvalue weighted by molar-refractivity contribution is -0.0461. The summed E-state index contributed by atoms with van der Waals surface area (Å²) in [5.74, 6) is 0. The largest absolute Gasteiger partial charge is 0.369 e. The van der Waals surface area contributed by atoms with Crippen LogP contribution < -0.4 is 5.73 Å². The maximum absolute atomic E-state index is 5.89. The Morgan fingerprint density at radius 2 is 2.00 bits per heavy atom. The van der Waals surface area contributed by atoms with Gasteiger partial charge in [-0.05, 0) is 37.0 Å². The van der Waals surface area contributed by atoms with Crippen molar-refractivity contribution in [2.24, 2.45) is 5.73 Å². The molecule has 0 saturated carbocycles. The Kier molecular flexibility index (Phi) is 3.62. The molecule has 15 heavy (non-hydrogen) atoms. The highest BCUT2D eigenvalue weighted by atomic mass is 35.5. The Labute approximate surface area is 95.4 Å². The molecular weight excluding hydrogens is 210 g/mol. The van der Waals surface area contributed by atoms with Gasteiger partial charge in [0.15, 0.2) is 0 Å². The SMILES string of the molecule is NCC1CCCC(c2ccc(Cl)cc2)O1. The lowest BCUT2D eigenvalue weighted by Gasteiger charge is -2.29. The standard InChI is InChI=1S/C12H16ClNO/c13-10-6-4-9(5-7-10)12-3-1-2-11(8-14)15-12/h4-7,11-12H,1-3,8,14H2. The van der Waals surface area contributed by atoms with E-state index in [-0.39, 0.29) is 12.2 Å². The minimum absolute atomic E-state index is 0.199. The van der Waals surface area contributed by atoms with Crippen molar-refractivity contribution < 1.29 is 4.74 Å². The fourth-order valence-corrected chi connectivity index (χ4v) is 2.12. The molecular formula is C12H16ClNO. The summed E-state index contributed by atoms with van der Waals surface area (Å²) in [5.41, 5.74) is 6.83. The molecule has 0 aromatic heterocycles. The van der Waals surface area contributed by atoms with E-state index in [1.807, 2.05) is 24.3 Å². The average molecular weight is 226 g/mol. The molecule has 2 atom stereocenters. The molecule has 0 bridgehead atoms. The predicted octanol–water partition coefficient (Wildman–Crippen LogP) is 2.91. The van der Waals surface area contributed by atoms with Gasteiger partial charge in [-0.2, -0.15) is 0 Å². The number of halogens is 1. The molecule has 82 valence electrons. The summed E-state index contributed by atoms with van der Waals surface area (Å²) in [4.78, 5) is 0. The van der Waals surface area contributed by atoms with E-state index >= 15 is 0 Å². The van der Waals surface area contributed by atoms with Crippen LogP contribution in [0.15, 0.2) is 24.3 Å². The van der Waals surface area contributed by atoms with Gasteiger partial charge in [-0.3, -0.25) is 0 Å². The predicted molar refractivity (Wildman–Crippen MR) is 62.0 cm³/mol. The van der Waals surface area contributed by atoms with Gasteiger partial charge in [0.25, 0.3) is 0 Å². The van der Waals surface area contributed by atoms with Crippen molar-refractivity contribution in [3.8, 4) is 0 Å². The van der Waals surface area contributed by atoms with E-state index in [0.29, 0.717) is 6.54 Å². The first kappa shape index (κ1) is 10.9. The molecule has 2 rings (SSSR count). The van der Waals surface area contributed by atoms with Crippen LogP contribution in [0.5, 0.6) is 0 Å². The van der Waals surface area contributed by atoms with Gasteiger partial charge in [0.1, 0.15) is 0 Å². The van der Waals surface area contributed by atoms with Crippen molar-refractivity contribution in [2.75, 3.05) is 6.54 Å². The third-order valence-electron chi connectivity index (χ3n) is 2.85. The molecule has 3 heteroatoms. The first-order chi connectivity index (χ1) is 7.29. The Morgan fingerprint density at radius 1 is 1.27 bits per heavy atom. The van der Waals surface area contributed by atoms with Crippen LogP contribution in [0.25, 0.3) is 0 Å². The van der Waals surface area contributed by atoms with Crippen LogP contribution in [0, 0.1) is 0 Å². The molecule has 1 heterocycles. The molecule has 0 radical (unpaired) electrons. The molecule has 1 fully saturated rings.